The van der Waals surface area contributed by atoms with Crippen LogP contribution in [-0.4, -0.2) is 12.6 Å². The number of hydrogen-bond donors (Lipinski definition) is 1. The zero-order valence-electron chi connectivity index (χ0n) is 11.4. The van der Waals surface area contributed by atoms with Gasteiger partial charge in [0.05, 0.1) is 11.1 Å². The second-order valence-electron chi connectivity index (χ2n) is 4.32. The minimum Gasteiger partial charge on any atom is -0.465 e. The van der Waals surface area contributed by atoms with Crippen molar-refractivity contribution in [1.82, 2.24) is 5.32 Å². The topological polar surface area (TPSA) is 38.3 Å². The average Bonchev–Trinajstić information content (AvgIpc) is 2.96. The van der Waals surface area contributed by atoms with E-state index in [0.29, 0.717) is 16.6 Å². The SMILES string of the molecule is CCOC(=O)C(NCc1cccs1)c1ccc(Br)c(F)c1. The van der Waals surface area contributed by atoms with Gasteiger partial charge >= 0.3 is 5.97 Å². The molecular formula is C15H15BrFNO2S. The lowest BCUT2D eigenvalue weighted by atomic mass is 10.1. The van der Waals surface area contributed by atoms with Gasteiger partial charge in [0.15, 0.2) is 0 Å². The van der Waals surface area contributed by atoms with Crippen molar-refractivity contribution in [3.63, 3.8) is 0 Å². The third-order valence-electron chi connectivity index (χ3n) is 2.86. The largest absolute Gasteiger partial charge is 0.465 e. The maximum Gasteiger partial charge on any atom is 0.327 e. The van der Waals surface area contributed by atoms with Crippen molar-refractivity contribution in [3.8, 4) is 0 Å². The first kappa shape index (κ1) is 16.1. The first-order chi connectivity index (χ1) is 10.1. The molecule has 0 amide bonds. The van der Waals surface area contributed by atoms with Gasteiger partial charge in [0.1, 0.15) is 11.9 Å². The maximum absolute atomic E-state index is 13.7. The second kappa shape index (κ2) is 7.68. The molecule has 0 bridgehead atoms. The fraction of sp³-hybridized carbons (Fsp3) is 0.267. The van der Waals surface area contributed by atoms with Crippen molar-refractivity contribution >= 4 is 33.2 Å². The molecule has 1 unspecified atom stereocenters. The highest BCUT2D eigenvalue weighted by molar-refractivity contribution is 9.10. The Morgan fingerprint density at radius 3 is 2.90 bits per heavy atom. The number of rotatable bonds is 6. The molecule has 0 saturated carbocycles. The summed E-state index contributed by atoms with van der Waals surface area (Å²) in [5, 5.41) is 5.09. The van der Waals surface area contributed by atoms with Crippen molar-refractivity contribution in [3.05, 3.63) is 56.4 Å². The Morgan fingerprint density at radius 2 is 2.29 bits per heavy atom. The minimum atomic E-state index is -0.686. The summed E-state index contributed by atoms with van der Waals surface area (Å²) < 4.78 is 19.1. The average molecular weight is 372 g/mol. The first-order valence-corrected chi connectivity index (χ1v) is 8.16. The number of thiophene rings is 1. The Bertz CT molecular complexity index is 604. The zero-order valence-corrected chi connectivity index (χ0v) is 13.8. The van der Waals surface area contributed by atoms with E-state index in [1.807, 2.05) is 17.5 Å². The van der Waals surface area contributed by atoms with Gasteiger partial charge in [-0.25, -0.2) is 9.18 Å². The number of benzene rings is 1. The molecule has 0 spiro atoms. The van der Waals surface area contributed by atoms with Gasteiger partial charge in [-0.1, -0.05) is 12.1 Å². The van der Waals surface area contributed by atoms with Gasteiger partial charge in [-0.15, -0.1) is 11.3 Å². The number of nitrogens with one attached hydrogen (secondary N) is 1. The highest BCUT2D eigenvalue weighted by Crippen LogP contribution is 2.22. The standard InChI is InChI=1S/C15H15BrFNO2S/c1-2-20-15(19)14(18-9-11-4-3-7-21-11)10-5-6-12(16)13(17)8-10/h3-8,14,18H,2,9H2,1H3. The van der Waals surface area contributed by atoms with Crippen LogP contribution < -0.4 is 5.32 Å². The van der Waals surface area contributed by atoms with Crippen molar-refractivity contribution in [2.24, 2.45) is 0 Å². The van der Waals surface area contributed by atoms with Crippen LogP contribution in [0.5, 0.6) is 0 Å². The van der Waals surface area contributed by atoms with Crippen LogP contribution in [0.4, 0.5) is 4.39 Å². The molecule has 3 nitrogen and oxygen atoms in total. The van der Waals surface area contributed by atoms with Gasteiger partial charge in [-0.05, 0) is 52.0 Å². The molecule has 1 aromatic heterocycles. The summed E-state index contributed by atoms with van der Waals surface area (Å²) in [5.41, 5.74) is 0.547. The molecule has 0 radical (unpaired) electrons. The van der Waals surface area contributed by atoms with Gasteiger partial charge in [0, 0.05) is 11.4 Å². The number of ether oxygens (including phenoxy) is 1. The number of carbonyl (C=O) groups excluding carboxylic acids is 1. The molecule has 2 rings (SSSR count). The minimum absolute atomic E-state index is 0.287. The van der Waals surface area contributed by atoms with Gasteiger partial charge in [0.25, 0.3) is 0 Å². The monoisotopic (exact) mass is 371 g/mol. The predicted octanol–water partition coefficient (Wildman–Crippen LogP) is 4.04. The normalized spacial score (nSPS) is 12.1. The van der Waals surface area contributed by atoms with Crippen LogP contribution in [0.1, 0.15) is 23.4 Å². The Hall–Kier alpha value is -1.24. The van der Waals surface area contributed by atoms with E-state index in [1.54, 1.807) is 30.4 Å². The summed E-state index contributed by atoms with van der Waals surface area (Å²) in [5.74, 6) is -0.810. The van der Waals surface area contributed by atoms with Crippen molar-refractivity contribution in [1.29, 1.82) is 0 Å². The zero-order chi connectivity index (χ0) is 15.2. The van der Waals surface area contributed by atoms with E-state index in [-0.39, 0.29) is 6.61 Å². The number of carbonyl (C=O) groups is 1. The summed E-state index contributed by atoms with van der Waals surface area (Å²) in [7, 11) is 0. The molecule has 112 valence electrons. The van der Waals surface area contributed by atoms with Crippen molar-refractivity contribution < 1.29 is 13.9 Å². The molecule has 2 aromatic rings. The van der Waals surface area contributed by atoms with E-state index in [4.69, 9.17) is 4.74 Å². The van der Waals surface area contributed by atoms with E-state index in [9.17, 15) is 9.18 Å². The molecule has 0 aliphatic rings. The highest BCUT2D eigenvalue weighted by Gasteiger charge is 2.22. The summed E-state index contributed by atoms with van der Waals surface area (Å²) >= 11 is 4.70. The third kappa shape index (κ3) is 4.36. The molecule has 1 heterocycles. The number of esters is 1. The summed E-state index contributed by atoms with van der Waals surface area (Å²) in [4.78, 5) is 13.2. The molecule has 1 aromatic carbocycles. The van der Waals surface area contributed by atoms with Crippen LogP contribution in [0.2, 0.25) is 0 Å². The van der Waals surface area contributed by atoms with Crippen LogP contribution in [0, 0.1) is 5.82 Å². The molecule has 0 fully saturated rings. The third-order valence-corrected chi connectivity index (χ3v) is 4.38. The van der Waals surface area contributed by atoms with Crippen molar-refractivity contribution in [2.45, 2.75) is 19.5 Å². The van der Waals surface area contributed by atoms with Crippen LogP contribution in [-0.2, 0) is 16.1 Å². The lowest BCUT2D eigenvalue weighted by Gasteiger charge is -2.17. The van der Waals surface area contributed by atoms with Gasteiger partial charge in [0.2, 0.25) is 0 Å². The highest BCUT2D eigenvalue weighted by atomic mass is 79.9. The van der Waals surface area contributed by atoms with Crippen LogP contribution in [0.25, 0.3) is 0 Å². The second-order valence-corrected chi connectivity index (χ2v) is 6.21. The molecule has 0 aliphatic heterocycles. The van der Waals surface area contributed by atoms with E-state index >= 15 is 0 Å². The van der Waals surface area contributed by atoms with E-state index in [0.717, 1.165) is 4.88 Å². The molecule has 21 heavy (non-hydrogen) atoms. The fourth-order valence-corrected chi connectivity index (χ4v) is 2.77. The summed E-state index contributed by atoms with van der Waals surface area (Å²) in [6.07, 6.45) is 0. The van der Waals surface area contributed by atoms with Crippen LogP contribution >= 0.6 is 27.3 Å². The Morgan fingerprint density at radius 1 is 1.48 bits per heavy atom. The predicted molar refractivity (Wildman–Crippen MR) is 84.6 cm³/mol. The Kier molecular flexibility index (Phi) is 5.90. The first-order valence-electron chi connectivity index (χ1n) is 6.49. The fourth-order valence-electron chi connectivity index (χ4n) is 1.87. The molecule has 0 saturated heterocycles. The molecule has 0 aliphatic carbocycles. The van der Waals surface area contributed by atoms with E-state index < -0.39 is 17.8 Å². The number of hydrogen-bond acceptors (Lipinski definition) is 4. The van der Waals surface area contributed by atoms with Gasteiger partial charge in [-0.3, -0.25) is 5.32 Å². The lowest BCUT2D eigenvalue weighted by Crippen LogP contribution is -2.29. The quantitative estimate of drug-likeness (QED) is 0.778. The van der Waals surface area contributed by atoms with E-state index in [2.05, 4.69) is 21.2 Å². The van der Waals surface area contributed by atoms with Crippen LogP contribution in [0.15, 0.2) is 40.2 Å². The van der Waals surface area contributed by atoms with Gasteiger partial charge in [-0.2, -0.15) is 0 Å². The molecule has 1 N–H and O–H groups in total. The van der Waals surface area contributed by atoms with Crippen LogP contribution in [0.3, 0.4) is 0 Å². The lowest BCUT2D eigenvalue weighted by molar-refractivity contribution is -0.145. The molecular weight excluding hydrogens is 357 g/mol. The summed E-state index contributed by atoms with van der Waals surface area (Å²) in [6.45, 7) is 2.56. The van der Waals surface area contributed by atoms with Crippen molar-refractivity contribution in [2.75, 3.05) is 6.61 Å². The maximum atomic E-state index is 13.7. The molecule has 1 atom stereocenters. The Labute approximate surface area is 135 Å². The number of halogens is 2. The summed E-state index contributed by atoms with van der Waals surface area (Å²) in [6, 6.07) is 7.87. The van der Waals surface area contributed by atoms with E-state index in [1.165, 1.54) is 6.07 Å². The molecule has 6 heteroatoms. The Balaban J connectivity index is 2.18. The smallest absolute Gasteiger partial charge is 0.327 e. The van der Waals surface area contributed by atoms with Gasteiger partial charge < -0.3 is 4.74 Å².